The molecule has 0 aliphatic heterocycles. The van der Waals surface area contributed by atoms with Gasteiger partial charge in [-0.1, -0.05) is 29.8 Å². The van der Waals surface area contributed by atoms with Crippen LogP contribution >= 0.6 is 11.6 Å². The lowest BCUT2D eigenvalue weighted by molar-refractivity contribution is 0.354. The van der Waals surface area contributed by atoms with Crippen molar-refractivity contribution in [1.82, 2.24) is 5.32 Å². The van der Waals surface area contributed by atoms with Crippen LogP contribution in [0, 0.1) is 5.82 Å². The number of hydrogen-bond acceptors (Lipinski definition) is 3. The van der Waals surface area contributed by atoms with Crippen molar-refractivity contribution < 1.29 is 13.9 Å². The highest BCUT2D eigenvalue weighted by Crippen LogP contribution is 2.33. The second kappa shape index (κ2) is 6.78. The van der Waals surface area contributed by atoms with Crippen LogP contribution in [0.3, 0.4) is 0 Å². The highest BCUT2D eigenvalue weighted by molar-refractivity contribution is 6.30. The van der Waals surface area contributed by atoms with Gasteiger partial charge in [-0.3, -0.25) is 0 Å². The van der Waals surface area contributed by atoms with Crippen LogP contribution in [0.25, 0.3) is 0 Å². The fourth-order valence-corrected chi connectivity index (χ4v) is 2.46. The quantitative estimate of drug-likeness (QED) is 0.911. The molecule has 0 saturated carbocycles. The van der Waals surface area contributed by atoms with Crippen molar-refractivity contribution >= 4 is 11.6 Å². The first kappa shape index (κ1) is 15.6. The van der Waals surface area contributed by atoms with Crippen molar-refractivity contribution in [3.63, 3.8) is 0 Å². The van der Waals surface area contributed by atoms with Crippen LogP contribution in [0.5, 0.6) is 11.5 Å². The summed E-state index contributed by atoms with van der Waals surface area (Å²) in [6, 6.07) is 10.1. The molecule has 112 valence electrons. The number of ether oxygens (including phenoxy) is 2. The molecule has 0 heterocycles. The van der Waals surface area contributed by atoms with E-state index >= 15 is 0 Å². The van der Waals surface area contributed by atoms with Crippen LogP contribution < -0.4 is 14.8 Å². The van der Waals surface area contributed by atoms with Gasteiger partial charge in [-0.05, 0) is 30.8 Å². The number of nitrogens with one attached hydrogen (secondary N) is 1. The minimum absolute atomic E-state index is 0.105. The normalized spacial score (nSPS) is 12.0. The molecule has 2 aromatic carbocycles. The van der Waals surface area contributed by atoms with Gasteiger partial charge in [-0.25, -0.2) is 4.39 Å². The third-order valence-corrected chi connectivity index (χ3v) is 3.61. The second-order valence-corrected chi connectivity index (χ2v) is 4.89. The van der Waals surface area contributed by atoms with Crippen LogP contribution in [-0.4, -0.2) is 21.3 Å². The fraction of sp³-hybridized carbons (Fsp3) is 0.250. The molecule has 0 amide bonds. The third-order valence-electron chi connectivity index (χ3n) is 3.32. The molecule has 3 nitrogen and oxygen atoms in total. The first-order valence-corrected chi connectivity index (χ1v) is 6.83. The molecule has 0 aliphatic carbocycles. The standard InChI is InChI=1S/C16H17ClFNO2/c1-19-16(11-5-4-6-12(17)15(11)18)10-7-8-13(20-2)14(9-10)21-3/h4-9,16,19H,1-3H3. The van der Waals surface area contributed by atoms with Gasteiger partial charge in [0.2, 0.25) is 0 Å². The Bertz CT molecular complexity index is 634. The van der Waals surface area contributed by atoms with E-state index < -0.39 is 5.82 Å². The summed E-state index contributed by atoms with van der Waals surface area (Å²) in [5, 5.41) is 3.20. The number of halogens is 2. The molecule has 5 heteroatoms. The maximum atomic E-state index is 14.2. The smallest absolute Gasteiger partial charge is 0.161 e. The Hall–Kier alpha value is -1.78. The maximum absolute atomic E-state index is 14.2. The molecule has 0 aliphatic rings. The lowest BCUT2D eigenvalue weighted by Crippen LogP contribution is -2.19. The van der Waals surface area contributed by atoms with Gasteiger partial charge in [-0.2, -0.15) is 0 Å². The van der Waals surface area contributed by atoms with Gasteiger partial charge in [0.1, 0.15) is 5.82 Å². The van der Waals surface area contributed by atoms with E-state index in [0.29, 0.717) is 17.1 Å². The highest BCUT2D eigenvalue weighted by Gasteiger charge is 2.19. The Morgan fingerprint density at radius 1 is 1.10 bits per heavy atom. The van der Waals surface area contributed by atoms with Crippen molar-refractivity contribution in [3.05, 3.63) is 58.4 Å². The zero-order valence-corrected chi connectivity index (χ0v) is 12.9. The first-order chi connectivity index (χ1) is 10.1. The van der Waals surface area contributed by atoms with Gasteiger partial charge in [0, 0.05) is 5.56 Å². The lowest BCUT2D eigenvalue weighted by atomic mass is 9.98. The Labute approximate surface area is 128 Å². The maximum Gasteiger partial charge on any atom is 0.161 e. The first-order valence-electron chi connectivity index (χ1n) is 6.45. The van der Waals surface area contributed by atoms with E-state index in [-0.39, 0.29) is 11.1 Å². The highest BCUT2D eigenvalue weighted by atomic mass is 35.5. The SMILES string of the molecule is CNC(c1ccc(OC)c(OC)c1)c1cccc(Cl)c1F. The summed E-state index contributed by atoms with van der Waals surface area (Å²) in [6.45, 7) is 0. The number of rotatable bonds is 5. The molecule has 1 atom stereocenters. The predicted octanol–water partition coefficient (Wildman–Crippen LogP) is 3.81. The van der Waals surface area contributed by atoms with Crippen LogP contribution in [0.15, 0.2) is 36.4 Å². The molecule has 1 N–H and O–H groups in total. The number of benzene rings is 2. The van der Waals surface area contributed by atoms with Gasteiger partial charge in [-0.15, -0.1) is 0 Å². The Kier molecular flexibility index (Phi) is 5.04. The molecule has 0 fully saturated rings. The van der Waals surface area contributed by atoms with E-state index in [1.807, 2.05) is 12.1 Å². The van der Waals surface area contributed by atoms with Crippen LogP contribution in [-0.2, 0) is 0 Å². The lowest BCUT2D eigenvalue weighted by Gasteiger charge is -2.20. The molecule has 2 aromatic rings. The Morgan fingerprint density at radius 2 is 1.81 bits per heavy atom. The van der Waals surface area contributed by atoms with Gasteiger partial charge >= 0.3 is 0 Å². The van der Waals surface area contributed by atoms with E-state index in [0.717, 1.165) is 5.56 Å². The summed E-state index contributed by atoms with van der Waals surface area (Å²) in [4.78, 5) is 0. The molecule has 0 saturated heterocycles. The fourth-order valence-electron chi connectivity index (χ4n) is 2.28. The molecular weight excluding hydrogens is 293 g/mol. The summed E-state index contributed by atoms with van der Waals surface area (Å²) in [5.41, 5.74) is 1.34. The molecule has 2 rings (SSSR count). The van der Waals surface area contributed by atoms with Crippen LogP contribution in [0.4, 0.5) is 4.39 Å². The average Bonchev–Trinajstić information content (AvgIpc) is 2.51. The summed E-state index contributed by atoms with van der Waals surface area (Å²) in [7, 11) is 4.90. The monoisotopic (exact) mass is 309 g/mol. The number of hydrogen-bond donors (Lipinski definition) is 1. The van der Waals surface area contributed by atoms with Crippen molar-refractivity contribution in [2.75, 3.05) is 21.3 Å². The zero-order valence-electron chi connectivity index (χ0n) is 12.1. The summed E-state index contributed by atoms with van der Waals surface area (Å²) in [6.07, 6.45) is 0. The van der Waals surface area contributed by atoms with E-state index in [4.69, 9.17) is 21.1 Å². The van der Waals surface area contributed by atoms with Gasteiger partial charge in [0.05, 0.1) is 25.3 Å². The summed E-state index contributed by atoms with van der Waals surface area (Å²) in [5.74, 6) is 0.800. The van der Waals surface area contributed by atoms with Gasteiger partial charge in [0.25, 0.3) is 0 Å². The minimum Gasteiger partial charge on any atom is -0.493 e. The zero-order chi connectivity index (χ0) is 15.4. The number of methoxy groups -OCH3 is 2. The van der Waals surface area contributed by atoms with Crippen molar-refractivity contribution in [2.45, 2.75) is 6.04 Å². The summed E-state index contributed by atoms with van der Waals surface area (Å²) >= 11 is 5.86. The van der Waals surface area contributed by atoms with E-state index in [1.54, 1.807) is 39.5 Å². The molecule has 0 bridgehead atoms. The third kappa shape index (κ3) is 3.12. The van der Waals surface area contributed by atoms with E-state index in [1.165, 1.54) is 6.07 Å². The molecule has 0 radical (unpaired) electrons. The molecule has 21 heavy (non-hydrogen) atoms. The topological polar surface area (TPSA) is 30.5 Å². The van der Waals surface area contributed by atoms with Crippen LogP contribution in [0.2, 0.25) is 5.02 Å². The Balaban J connectivity index is 2.49. The molecule has 0 spiro atoms. The van der Waals surface area contributed by atoms with Crippen molar-refractivity contribution in [3.8, 4) is 11.5 Å². The van der Waals surface area contributed by atoms with Crippen molar-refractivity contribution in [1.29, 1.82) is 0 Å². The molecule has 0 aromatic heterocycles. The largest absolute Gasteiger partial charge is 0.493 e. The summed E-state index contributed by atoms with van der Waals surface area (Å²) < 4.78 is 24.7. The second-order valence-electron chi connectivity index (χ2n) is 4.48. The molecule has 1 unspecified atom stereocenters. The van der Waals surface area contributed by atoms with E-state index in [9.17, 15) is 4.39 Å². The van der Waals surface area contributed by atoms with Crippen molar-refractivity contribution in [2.24, 2.45) is 0 Å². The molecular formula is C16H17ClFNO2. The average molecular weight is 310 g/mol. The van der Waals surface area contributed by atoms with E-state index in [2.05, 4.69) is 5.32 Å². The minimum atomic E-state index is -0.423. The van der Waals surface area contributed by atoms with Gasteiger partial charge < -0.3 is 14.8 Å². The predicted molar refractivity (Wildman–Crippen MR) is 81.9 cm³/mol. The Morgan fingerprint density at radius 3 is 2.43 bits per heavy atom. The van der Waals surface area contributed by atoms with Gasteiger partial charge in [0.15, 0.2) is 11.5 Å². The van der Waals surface area contributed by atoms with Crippen LogP contribution in [0.1, 0.15) is 17.2 Å².